The highest BCUT2D eigenvalue weighted by molar-refractivity contribution is 6.00. The number of rotatable bonds is 12. The van der Waals surface area contributed by atoms with Gasteiger partial charge in [0.15, 0.2) is 5.75 Å². The summed E-state index contributed by atoms with van der Waals surface area (Å²) < 4.78 is 26.1. The molecule has 0 bridgehead atoms. The quantitative estimate of drug-likeness (QED) is 0.0443. The Bertz CT molecular complexity index is 1750. The van der Waals surface area contributed by atoms with Crippen LogP contribution in [0.25, 0.3) is 22.1 Å². The fourth-order valence-electron chi connectivity index (χ4n) is 3.92. The SMILES string of the molecule is NC(=O)c1c(OC(=O)NCCOCCOCC(=O)Oc2cc(O)c3c(=O)c(-c4ccc(O)cc4)coc3c2)ccc(N)c1O. The maximum atomic E-state index is 12.9. The highest BCUT2D eigenvalue weighted by atomic mass is 16.6. The molecule has 0 aliphatic rings. The number of hydrogen-bond acceptors (Lipinski definition) is 13. The van der Waals surface area contributed by atoms with Crippen molar-refractivity contribution in [3.05, 3.63) is 70.6 Å². The number of primary amides is 1. The third-order valence-corrected chi connectivity index (χ3v) is 5.97. The van der Waals surface area contributed by atoms with Gasteiger partial charge in [-0.3, -0.25) is 9.59 Å². The lowest BCUT2D eigenvalue weighted by molar-refractivity contribution is -0.140. The molecule has 4 aromatic rings. The second-order valence-electron chi connectivity index (χ2n) is 9.04. The molecule has 0 spiro atoms. The lowest BCUT2D eigenvalue weighted by Gasteiger charge is -2.12. The van der Waals surface area contributed by atoms with Gasteiger partial charge in [0.1, 0.15) is 52.4 Å². The summed E-state index contributed by atoms with van der Waals surface area (Å²) in [7, 11) is 0. The van der Waals surface area contributed by atoms with Gasteiger partial charge in [-0.15, -0.1) is 0 Å². The van der Waals surface area contributed by atoms with E-state index in [1.165, 1.54) is 48.7 Å². The van der Waals surface area contributed by atoms with E-state index in [0.29, 0.717) is 5.56 Å². The Balaban J connectivity index is 1.17. The van der Waals surface area contributed by atoms with Crippen molar-refractivity contribution in [1.82, 2.24) is 5.32 Å². The molecule has 1 heterocycles. The Kier molecular flexibility index (Phi) is 9.85. The van der Waals surface area contributed by atoms with Crippen molar-refractivity contribution >= 4 is 34.6 Å². The summed E-state index contributed by atoms with van der Waals surface area (Å²) in [5.74, 6) is -3.19. The summed E-state index contributed by atoms with van der Waals surface area (Å²) >= 11 is 0. The molecule has 0 saturated carbocycles. The number of phenols is 3. The van der Waals surface area contributed by atoms with E-state index in [-0.39, 0.29) is 65.8 Å². The molecule has 44 heavy (non-hydrogen) atoms. The minimum atomic E-state index is -1.03. The zero-order valence-corrected chi connectivity index (χ0v) is 22.9. The van der Waals surface area contributed by atoms with Crippen LogP contribution in [0.5, 0.6) is 28.7 Å². The molecule has 0 radical (unpaired) electrons. The van der Waals surface area contributed by atoms with Crippen LogP contribution in [-0.4, -0.2) is 66.3 Å². The Morgan fingerprint density at radius 1 is 0.909 bits per heavy atom. The Hall–Kier alpha value is -5.80. The summed E-state index contributed by atoms with van der Waals surface area (Å²) in [6.07, 6.45) is 0.269. The highest BCUT2D eigenvalue weighted by Gasteiger charge is 2.20. The normalized spacial score (nSPS) is 10.8. The molecule has 15 nitrogen and oxygen atoms in total. The van der Waals surface area contributed by atoms with E-state index in [1.807, 2.05) is 0 Å². The van der Waals surface area contributed by atoms with Crippen molar-refractivity contribution in [1.29, 1.82) is 0 Å². The minimum absolute atomic E-state index is 0.00408. The summed E-state index contributed by atoms with van der Waals surface area (Å²) in [6, 6.07) is 10.7. The molecule has 230 valence electrons. The topological polar surface area (TPSA) is 243 Å². The maximum Gasteiger partial charge on any atom is 0.412 e. The molecule has 0 aliphatic heterocycles. The van der Waals surface area contributed by atoms with Crippen molar-refractivity contribution < 1.29 is 53.1 Å². The number of nitrogens with one attached hydrogen (secondary N) is 1. The number of nitrogen functional groups attached to an aromatic ring is 1. The van der Waals surface area contributed by atoms with E-state index >= 15 is 0 Å². The summed E-state index contributed by atoms with van der Waals surface area (Å²) in [4.78, 5) is 48.6. The fourth-order valence-corrected chi connectivity index (χ4v) is 3.92. The van der Waals surface area contributed by atoms with Gasteiger partial charge in [0.2, 0.25) is 5.43 Å². The van der Waals surface area contributed by atoms with E-state index < -0.39 is 47.1 Å². The monoisotopic (exact) mass is 609 g/mol. The largest absolute Gasteiger partial charge is 0.508 e. The molecule has 3 aromatic carbocycles. The molecule has 4 rings (SSSR count). The first kappa shape index (κ1) is 31.1. The summed E-state index contributed by atoms with van der Waals surface area (Å²) in [5.41, 5.74) is 10.3. The predicted octanol–water partition coefficient (Wildman–Crippen LogP) is 1.99. The van der Waals surface area contributed by atoms with Gasteiger partial charge in [-0.25, -0.2) is 9.59 Å². The van der Waals surface area contributed by atoms with Crippen molar-refractivity contribution in [2.75, 3.05) is 38.7 Å². The van der Waals surface area contributed by atoms with Gasteiger partial charge in [0, 0.05) is 18.7 Å². The molecule has 0 atom stereocenters. The van der Waals surface area contributed by atoms with Crippen LogP contribution in [0.15, 0.2) is 64.0 Å². The highest BCUT2D eigenvalue weighted by Crippen LogP contribution is 2.33. The van der Waals surface area contributed by atoms with Crippen molar-refractivity contribution in [2.45, 2.75) is 0 Å². The van der Waals surface area contributed by atoms with Crippen LogP contribution in [0.2, 0.25) is 0 Å². The molecule has 0 aliphatic carbocycles. The van der Waals surface area contributed by atoms with Gasteiger partial charge in [-0.05, 0) is 29.8 Å². The first-order chi connectivity index (χ1) is 21.0. The average molecular weight is 610 g/mol. The Morgan fingerprint density at radius 2 is 1.64 bits per heavy atom. The fraction of sp³-hybridized carbons (Fsp3) is 0.172. The van der Waals surface area contributed by atoms with Gasteiger partial charge < -0.3 is 55.5 Å². The van der Waals surface area contributed by atoms with E-state index in [2.05, 4.69) is 5.32 Å². The maximum absolute atomic E-state index is 12.9. The standard InChI is InChI=1S/C29H27N3O12/c30-19-5-6-21(25(27(19)37)28(31)38)44-29(39)32-7-8-40-9-10-41-14-23(35)43-17-11-20(34)24-22(12-17)42-13-18(26(24)36)15-1-3-16(33)4-2-15/h1-6,11-13,33-34,37H,7-10,14,30H2,(H2,31,38)(H,32,39). The molecule has 2 amide bonds. The van der Waals surface area contributed by atoms with Crippen LogP contribution < -0.4 is 31.7 Å². The van der Waals surface area contributed by atoms with Crippen molar-refractivity contribution in [3.63, 3.8) is 0 Å². The number of carbonyl (C=O) groups excluding carboxylic acids is 3. The lowest BCUT2D eigenvalue weighted by Crippen LogP contribution is -2.31. The number of anilines is 1. The van der Waals surface area contributed by atoms with Gasteiger partial charge >= 0.3 is 12.1 Å². The van der Waals surface area contributed by atoms with E-state index in [9.17, 15) is 34.5 Å². The predicted molar refractivity (Wildman–Crippen MR) is 154 cm³/mol. The second kappa shape index (κ2) is 13.9. The van der Waals surface area contributed by atoms with Gasteiger partial charge in [0.05, 0.1) is 31.1 Å². The number of nitrogens with two attached hydrogens (primary N) is 2. The number of amides is 2. The third kappa shape index (κ3) is 7.53. The summed E-state index contributed by atoms with van der Waals surface area (Å²) in [5, 5.41) is 32.0. The van der Waals surface area contributed by atoms with E-state index in [0.717, 1.165) is 6.07 Å². The number of carbonyl (C=O) groups is 3. The van der Waals surface area contributed by atoms with Crippen molar-refractivity contribution in [2.24, 2.45) is 5.73 Å². The molecule has 1 aromatic heterocycles. The number of phenolic OH excluding ortho intramolecular Hbond substituents is 2. The first-order valence-electron chi connectivity index (χ1n) is 12.9. The van der Waals surface area contributed by atoms with Crippen LogP contribution in [0.1, 0.15) is 10.4 Å². The zero-order chi connectivity index (χ0) is 31.8. The third-order valence-electron chi connectivity index (χ3n) is 5.97. The molecule has 8 N–H and O–H groups in total. The second-order valence-corrected chi connectivity index (χ2v) is 9.04. The van der Waals surface area contributed by atoms with Gasteiger partial charge in [-0.1, -0.05) is 12.1 Å². The number of benzene rings is 3. The molecule has 0 unspecified atom stereocenters. The van der Waals surface area contributed by atoms with Crippen LogP contribution in [-0.2, 0) is 14.3 Å². The minimum Gasteiger partial charge on any atom is -0.508 e. The van der Waals surface area contributed by atoms with Crippen LogP contribution >= 0.6 is 0 Å². The molecule has 0 fully saturated rings. The Morgan fingerprint density at radius 3 is 2.36 bits per heavy atom. The summed E-state index contributed by atoms with van der Waals surface area (Å²) in [6.45, 7) is -0.315. The van der Waals surface area contributed by atoms with Gasteiger partial charge in [0.25, 0.3) is 5.91 Å². The Labute approximate surface area is 248 Å². The van der Waals surface area contributed by atoms with Crippen LogP contribution in [0, 0.1) is 0 Å². The zero-order valence-electron chi connectivity index (χ0n) is 22.9. The van der Waals surface area contributed by atoms with E-state index in [4.69, 9.17) is 34.8 Å². The number of esters is 1. The number of fused-ring (bicyclic) bond motifs is 1. The van der Waals surface area contributed by atoms with Gasteiger partial charge in [-0.2, -0.15) is 0 Å². The van der Waals surface area contributed by atoms with Crippen molar-refractivity contribution in [3.8, 4) is 39.9 Å². The first-order valence-corrected chi connectivity index (χ1v) is 12.9. The molecule has 15 heteroatoms. The number of aromatic hydroxyl groups is 3. The number of ether oxygens (including phenoxy) is 4. The smallest absolute Gasteiger partial charge is 0.412 e. The van der Waals surface area contributed by atoms with E-state index in [1.54, 1.807) is 0 Å². The average Bonchev–Trinajstić information content (AvgIpc) is 2.97. The lowest BCUT2D eigenvalue weighted by atomic mass is 10.0. The van der Waals surface area contributed by atoms with Crippen LogP contribution in [0.3, 0.4) is 0 Å². The molecule has 0 saturated heterocycles. The number of hydrogen-bond donors (Lipinski definition) is 6. The molecular formula is C29H27N3O12. The van der Waals surface area contributed by atoms with Crippen LogP contribution in [0.4, 0.5) is 10.5 Å². The molecular weight excluding hydrogens is 582 g/mol.